The summed E-state index contributed by atoms with van der Waals surface area (Å²) in [6, 6.07) is 17.0. The van der Waals surface area contributed by atoms with Crippen LogP contribution in [-0.2, 0) is 11.2 Å². The van der Waals surface area contributed by atoms with Crippen LogP contribution in [0, 0.1) is 5.92 Å². The summed E-state index contributed by atoms with van der Waals surface area (Å²) in [4.78, 5) is 25.3. The van der Waals surface area contributed by atoms with Gasteiger partial charge in [-0.3, -0.25) is 9.59 Å². The van der Waals surface area contributed by atoms with E-state index < -0.39 is 0 Å². The fourth-order valence-corrected chi connectivity index (χ4v) is 3.18. The van der Waals surface area contributed by atoms with Gasteiger partial charge in [-0.2, -0.15) is 0 Å². The van der Waals surface area contributed by atoms with Crippen molar-refractivity contribution in [1.82, 2.24) is 10.6 Å². The zero-order valence-corrected chi connectivity index (χ0v) is 16.1. The van der Waals surface area contributed by atoms with Crippen molar-refractivity contribution in [2.24, 2.45) is 5.92 Å². The van der Waals surface area contributed by atoms with E-state index in [2.05, 4.69) is 10.6 Å². The summed E-state index contributed by atoms with van der Waals surface area (Å²) in [7, 11) is 0. The van der Waals surface area contributed by atoms with Crippen molar-refractivity contribution in [1.29, 1.82) is 0 Å². The lowest BCUT2D eigenvalue weighted by atomic mass is 9.95. The lowest BCUT2D eigenvalue weighted by molar-refractivity contribution is -0.125. The predicted octanol–water partition coefficient (Wildman–Crippen LogP) is 3.12. The minimum Gasteiger partial charge on any atom is -0.489 e. The van der Waals surface area contributed by atoms with Gasteiger partial charge in [-0.15, -0.1) is 0 Å². The van der Waals surface area contributed by atoms with E-state index in [1.807, 2.05) is 55.5 Å². The topological polar surface area (TPSA) is 67.4 Å². The molecule has 0 aromatic heterocycles. The Hall–Kier alpha value is -3.08. The highest BCUT2D eigenvalue weighted by Crippen LogP contribution is 2.19. The fraction of sp³-hybridized carbons (Fsp3) is 0.304. The van der Waals surface area contributed by atoms with E-state index in [0.717, 1.165) is 5.56 Å². The average molecular weight is 378 g/mol. The Morgan fingerprint density at radius 1 is 1.00 bits per heavy atom. The second-order valence-corrected chi connectivity index (χ2v) is 7.02. The molecule has 0 bridgehead atoms. The first-order valence-electron chi connectivity index (χ1n) is 9.63. The highest BCUT2D eigenvalue weighted by molar-refractivity contribution is 5.97. The molecule has 1 unspecified atom stereocenters. The third-order valence-electron chi connectivity index (χ3n) is 4.71. The van der Waals surface area contributed by atoms with Crippen LogP contribution in [0.2, 0.25) is 0 Å². The highest BCUT2D eigenvalue weighted by Gasteiger charge is 2.20. The molecule has 28 heavy (non-hydrogen) atoms. The minimum atomic E-state index is -0.209. The molecule has 0 radical (unpaired) electrons. The molecule has 0 fully saturated rings. The van der Waals surface area contributed by atoms with Gasteiger partial charge in [0.2, 0.25) is 5.91 Å². The first kappa shape index (κ1) is 19.7. The van der Waals surface area contributed by atoms with Crippen LogP contribution in [0.25, 0.3) is 0 Å². The summed E-state index contributed by atoms with van der Waals surface area (Å²) >= 11 is 0. The van der Waals surface area contributed by atoms with E-state index in [0.29, 0.717) is 37.3 Å². The number of carbonyl (C=O) groups excluding carboxylic acids is 2. The summed E-state index contributed by atoms with van der Waals surface area (Å²) in [6.45, 7) is 2.60. The molecule has 1 aliphatic heterocycles. The van der Waals surface area contributed by atoms with Crippen LogP contribution < -0.4 is 15.4 Å². The van der Waals surface area contributed by atoms with Crippen LogP contribution in [0.5, 0.6) is 5.75 Å². The predicted molar refractivity (Wildman–Crippen MR) is 109 cm³/mol. The quantitative estimate of drug-likeness (QED) is 0.789. The molecule has 2 N–H and O–H groups in total. The number of hydrogen-bond acceptors (Lipinski definition) is 3. The molecule has 2 aromatic carbocycles. The molecule has 2 aromatic rings. The van der Waals surface area contributed by atoms with Gasteiger partial charge in [0.15, 0.2) is 0 Å². The van der Waals surface area contributed by atoms with Crippen LogP contribution in [-0.4, -0.2) is 31.0 Å². The van der Waals surface area contributed by atoms with Gasteiger partial charge in [-0.25, -0.2) is 0 Å². The first-order valence-corrected chi connectivity index (χ1v) is 9.63. The number of nitrogens with one attached hydrogen (secondary N) is 2. The molecule has 5 nitrogen and oxygen atoms in total. The van der Waals surface area contributed by atoms with Gasteiger partial charge in [0.1, 0.15) is 12.4 Å². The monoisotopic (exact) mass is 378 g/mol. The SMILES string of the molecule is C[C@H]1CNC(=O)C(Cc2ccccc2)C/C=C/COc2ccccc2C(=O)N1. The molecular formula is C23H26N2O3. The molecular weight excluding hydrogens is 352 g/mol. The molecule has 2 atom stereocenters. The van der Waals surface area contributed by atoms with Gasteiger partial charge in [-0.05, 0) is 37.5 Å². The van der Waals surface area contributed by atoms with Crippen LogP contribution in [0.4, 0.5) is 0 Å². The Bertz CT molecular complexity index is 833. The molecule has 1 heterocycles. The number of carbonyl (C=O) groups is 2. The molecule has 5 heteroatoms. The summed E-state index contributed by atoms with van der Waals surface area (Å²) in [6.07, 6.45) is 5.17. The van der Waals surface area contributed by atoms with Crippen molar-refractivity contribution in [3.63, 3.8) is 0 Å². The Morgan fingerprint density at radius 3 is 2.57 bits per heavy atom. The average Bonchev–Trinajstić information content (AvgIpc) is 2.71. The molecule has 0 spiro atoms. The maximum Gasteiger partial charge on any atom is 0.255 e. The third-order valence-corrected chi connectivity index (χ3v) is 4.71. The fourth-order valence-electron chi connectivity index (χ4n) is 3.18. The smallest absolute Gasteiger partial charge is 0.255 e. The van der Waals surface area contributed by atoms with Gasteiger partial charge < -0.3 is 15.4 Å². The molecule has 1 aliphatic rings. The van der Waals surface area contributed by atoms with E-state index >= 15 is 0 Å². The normalized spacial score (nSPS) is 22.0. The number of fused-ring (bicyclic) bond motifs is 1. The van der Waals surface area contributed by atoms with Crippen LogP contribution >= 0.6 is 0 Å². The maximum atomic E-state index is 12.7. The van der Waals surface area contributed by atoms with Crippen LogP contribution in [0.15, 0.2) is 66.7 Å². The second-order valence-electron chi connectivity index (χ2n) is 7.02. The van der Waals surface area contributed by atoms with E-state index in [1.54, 1.807) is 18.2 Å². The van der Waals surface area contributed by atoms with Gasteiger partial charge in [0, 0.05) is 18.5 Å². The number of hydrogen-bond donors (Lipinski definition) is 2. The Balaban J connectivity index is 1.76. The Kier molecular flexibility index (Phi) is 6.84. The molecule has 2 amide bonds. The number of para-hydroxylation sites is 1. The number of rotatable bonds is 2. The third kappa shape index (κ3) is 5.46. The second kappa shape index (κ2) is 9.74. The molecule has 146 valence electrons. The molecule has 0 saturated carbocycles. The van der Waals surface area contributed by atoms with E-state index in [1.165, 1.54) is 0 Å². The zero-order chi connectivity index (χ0) is 19.8. The van der Waals surface area contributed by atoms with Crippen LogP contribution in [0.1, 0.15) is 29.3 Å². The Labute approximate surface area is 165 Å². The number of benzene rings is 2. The van der Waals surface area contributed by atoms with Gasteiger partial charge in [0.05, 0.1) is 5.56 Å². The minimum absolute atomic E-state index is 0.00650. The largest absolute Gasteiger partial charge is 0.489 e. The number of allylic oxidation sites excluding steroid dienone is 1. The van der Waals surface area contributed by atoms with Gasteiger partial charge in [-0.1, -0.05) is 54.6 Å². The lowest BCUT2D eigenvalue weighted by Crippen LogP contribution is -2.43. The van der Waals surface area contributed by atoms with Gasteiger partial charge >= 0.3 is 0 Å². The highest BCUT2D eigenvalue weighted by atomic mass is 16.5. The van der Waals surface area contributed by atoms with E-state index in [-0.39, 0.29) is 23.8 Å². The van der Waals surface area contributed by atoms with Crippen molar-refractivity contribution in [2.45, 2.75) is 25.8 Å². The van der Waals surface area contributed by atoms with Crippen molar-refractivity contribution >= 4 is 11.8 Å². The number of amides is 2. The van der Waals surface area contributed by atoms with Crippen molar-refractivity contribution < 1.29 is 14.3 Å². The summed E-state index contributed by atoms with van der Waals surface area (Å²) in [5.41, 5.74) is 1.62. The van der Waals surface area contributed by atoms with Crippen molar-refractivity contribution in [3.05, 3.63) is 77.9 Å². The standard InChI is InChI=1S/C23H26N2O3/c1-17-16-24-22(26)19(15-18-9-3-2-4-10-18)11-7-8-14-28-21-13-6-5-12-20(21)23(27)25-17/h2-10,12-13,17,19H,11,14-16H2,1H3,(H,24,26)(H,25,27)/b8-7+/t17-,19?/m0/s1. The summed E-state index contributed by atoms with van der Waals surface area (Å²) < 4.78 is 5.77. The Morgan fingerprint density at radius 2 is 1.75 bits per heavy atom. The molecule has 0 saturated heterocycles. The van der Waals surface area contributed by atoms with Crippen LogP contribution in [0.3, 0.4) is 0 Å². The summed E-state index contributed by atoms with van der Waals surface area (Å²) in [5.74, 6) is 0.169. The molecule has 3 rings (SSSR count). The maximum absolute atomic E-state index is 12.7. The van der Waals surface area contributed by atoms with Crippen molar-refractivity contribution in [3.8, 4) is 5.75 Å². The first-order chi connectivity index (χ1) is 13.6. The lowest BCUT2D eigenvalue weighted by Gasteiger charge is -2.20. The van der Waals surface area contributed by atoms with Gasteiger partial charge in [0.25, 0.3) is 5.91 Å². The zero-order valence-electron chi connectivity index (χ0n) is 16.1. The molecule has 0 aliphatic carbocycles. The van der Waals surface area contributed by atoms with Crippen molar-refractivity contribution in [2.75, 3.05) is 13.2 Å². The van der Waals surface area contributed by atoms with E-state index in [4.69, 9.17) is 4.74 Å². The summed E-state index contributed by atoms with van der Waals surface area (Å²) in [5, 5.41) is 5.91. The number of ether oxygens (including phenoxy) is 1. The van der Waals surface area contributed by atoms with E-state index in [9.17, 15) is 9.59 Å².